The van der Waals surface area contributed by atoms with E-state index in [-0.39, 0.29) is 0 Å². The van der Waals surface area contributed by atoms with Gasteiger partial charge in [0.15, 0.2) is 9.84 Å². The summed E-state index contributed by atoms with van der Waals surface area (Å²) in [6, 6.07) is 8.66. The van der Waals surface area contributed by atoms with Crippen molar-refractivity contribution >= 4 is 31.0 Å². The molecule has 11 nitrogen and oxygen atoms in total. The van der Waals surface area contributed by atoms with Gasteiger partial charge in [0, 0.05) is 12.1 Å². The van der Waals surface area contributed by atoms with Gasteiger partial charge in [0.1, 0.15) is 9.79 Å². The van der Waals surface area contributed by atoms with E-state index in [1.807, 2.05) is 0 Å². The van der Waals surface area contributed by atoms with Gasteiger partial charge < -0.3 is 5.11 Å². The number of para-hydroxylation sites is 2. The van der Waals surface area contributed by atoms with Gasteiger partial charge in [-0.3, -0.25) is 20.2 Å². The van der Waals surface area contributed by atoms with Gasteiger partial charge in [-0.15, -0.1) is 0 Å². The van der Waals surface area contributed by atoms with Crippen molar-refractivity contribution in [3.8, 4) is 0 Å². The largest absolute Gasteiger partial charge is 0.392 e. The lowest BCUT2D eigenvalue weighted by Gasteiger charge is -2.11. The molecule has 0 aliphatic heterocycles. The molecule has 0 aromatic heterocycles. The number of nitrogens with zero attached hydrogens (tertiary/aromatic N) is 2. The van der Waals surface area contributed by atoms with Crippen molar-refractivity contribution in [3.05, 3.63) is 79.7 Å². The average Bonchev–Trinajstić information content (AvgIpc) is 2.67. The summed E-state index contributed by atoms with van der Waals surface area (Å²) >= 11 is 0. The SMILES string of the molecule is O=[N+]([O-])c1ccccc1S(=O)(=O)C/C(=C/CO)S(=O)(=O)c1ccccc1[N+](=O)[O-]. The zero-order valence-electron chi connectivity index (χ0n) is 14.5. The van der Waals surface area contributed by atoms with Crippen molar-refractivity contribution in [2.75, 3.05) is 12.4 Å². The van der Waals surface area contributed by atoms with Crippen LogP contribution in [0.15, 0.2) is 69.3 Å². The molecule has 0 fully saturated rings. The summed E-state index contributed by atoms with van der Waals surface area (Å²) in [5.74, 6) is -1.23. The summed E-state index contributed by atoms with van der Waals surface area (Å²) in [5.41, 5.74) is -1.53. The van der Waals surface area contributed by atoms with Gasteiger partial charge in [-0.25, -0.2) is 16.8 Å². The highest BCUT2D eigenvalue weighted by Crippen LogP contribution is 2.31. The highest BCUT2D eigenvalue weighted by atomic mass is 32.2. The maximum absolute atomic E-state index is 12.9. The van der Waals surface area contributed by atoms with E-state index in [2.05, 4.69) is 0 Å². The van der Waals surface area contributed by atoms with Gasteiger partial charge in [-0.05, 0) is 18.2 Å². The molecule has 1 N–H and O–H groups in total. The third-order valence-corrected chi connectivity index (χ3v) is 7.56. The second-order valence-corrected chi connectivity index (χ2v) is 9.49. The minimum Gasteiger partial charge on any atom is -0.392 e. The minimum atomic E-state index is -4.70. The van der Waals surface area contributed by atoms with E-state index in [4.69, 9.17) is 5.11 Å². The second kappa shape index (κ2) is 8.46. The van der Waals surface area contributed by atoms with Crippen LogP contribution in [0.2, 0.25) is 0 Å². The Labute approximate surface area is 165 Å². The van der Waals surface area contributed by atoms with Gasteiger partial charge in [0.25, 0.3) is 11.4 Å². The van der Waals surface area contributed by atoms with Crippen LogP contribution in [0.1, 0.15) is 0 Å². The molecule has 0 spiro atoms. The first-order valence-corrected chi connectivity index (χ1v) is 10.9. The van der Waals surface area contributed by atoms with E-state index >= 15 is 0 Å². The Morgan fingerprint density at radius 3 is 1.79 bits per heavy atom. The molecule has 0 amide bonds. The second-order valence-electron chi connectivity index (χ2n) is 5.57. The molecule has 0 bridgehead atoms. The standard InChI is InChI=1S/C16H14N2O9S2/c19-10-9-12(29(26,27)16-8-4-2-6-14(16)18(22)23)11-28(24,25)15-7-3-1-5-13(15)17(20)21/h1-9,19H,10-11H2/b12-9-. The number of hydrogen-bond donors (Lipinski definition) is 1. The number of benzene rings is 2. The fourth-order valence-corrected chi connectivity index (χ4v) is 6.19. The molecule has 0 aliphatic carbocycles. The molecule has 0 radical (unpaired) electrons. The normalized spacial score (nSPS) is 12.5. The predicted molar refractivity (Wildman–Crippen MR) is 101 cm³/mol. The van der Waals surface area contributed by atoms with Crippen molar-refractivity contribution in [2.24, 2.45) is 0 Å². The molecule has 154 valence electrons. The Hall–Kier alpha value is -3.16. The fourth-order valence-electron chi connectivity index (χ4n) is 2.46. The number of nitro groups is 2. The van der Waals surface area contributed by atoms with Crippen molar-refractivity contribution < 1.29 is 31.8 Å². The number of nitro benzene ring substituents is 2. The maximum Gasteiger partial charge on any atom is 0.288 e. The van der Waals surface area contributed by atoms with E-state index < -0.39 is 68.0 Å². The molecular formula is C16H14N2O9S2. The molecule has 29 heavy (non-hydrogen) atoms. The van der Waals surface area contributed by atoms with Crippen LogP contribution in [-0.2, 0) is 19.7 Å². The van der Waals surface area contributed by atoms with Crippen molar-refractivity contribution in [2.45, 2.75) is 9.79 Å². The summed E-state index contributed by atoms with van der Waals surface area (Å²) in [6.07, 6.45) is 0.679. The molecule has 0 saturated heterocycles. The lowest BCUT2D eigenvalue weighted by molar-refractivity contribution is -0.388. The Kier molecular flexibility index (Phi) is 6.46. The van der Waals surface area contributed by atoms with Crippen LogP contribution in [0.5, 0.6) is 0 Å². The Morgan fingerprint density at radius 1 is 0.862 bits per heavy atom. The third kappa shape index (κ3) is 4.64. The van der Waals surface area contributed by atoms with Crippen LogP contribution in [0, 0.1) is 20.2 Å². The highest BCUT2D eigenvalue weighted by molar-refractivity contribution is 7.98. The van der Waals surface area contributed by atoms with E-state index in [1.165, 1.54) is 24.3 Å². The third-order valence-electron chi connectivity index (χ3n) is 3.74. The summed E-state index contributed by atoms with van der Waals surface area (Å²) in [4.78, 5) is 18.1. The minimum absolute atomic E-state index is 0.679. The maximum atomic E-state index is 12.9. The molecular weight excluding hydrogens is 428 g/mol. The van der Waals surface area contributed by atoms with Crippen molar-refractivity contribution in [1.82, 2.24) is 0 Å². The summed E-state index contributed by atoms with van der Waals surface area (Å²) in [5, 5.41) is 31.4. The van der Waals surface area contributed by atoms with Crippen molar-refractivity contribution in [3.63, 3.8) is 0 Å². The van der Waals surface area contributed by atoms with Crippen LogP contribution in [0.4, 0.5) is 11.4 Å². The van der Waals surface area contributed by atoms with Crippen LogP contribution in [-0.4, -0.2) is 44.1 Å². The molecule has 2 aromatic carbocycles. The van der Waals surface area contributed by atoms with Gasteiger partial charge in [0.05, 0.1) is 27.1 Å². The molecule has 2 aromatic rings. The first-order chi connectivity index (χ1) is 13.5. The first kappa shape index (κ1) is 22.1. The zero-order valence-corrected chi connectivity index (χ0v) is 16.2. The monoisotopic (exact) mass is 442 g/mol. The lowest BCUT2D eigenvalue weighted by atomic mass is 10.3. The fraction of sp³-hybridized carbons (Fsp3) is 0.125. The topological polar surface area (TPSA) is 175 Å². The van der Waals surface area contributed by atoms with Gasteiger partial charge in [-0.1, -0.05) is 24.3 Å². The molecule has 0 atom stereocenters. The molecule has 0 saturated carbocycles. The van der Waals surface area contributed by atoms with Crippen molar-refractivity contribution in [1.29, 1.82) is 0 Å². The van der Waals surface area contributed by atoms with E-state index in [1.54, 1.807) is 0 Å². The molecule has 0 unspecified atom stereocenters. The smallest absolute Gasteiger partial charge is 0.288 e. The quantitative estimate of drug-likeness (QED) is 0.470. The van der Waals surface area contributed by atoms with E-state index in [0.29, 0.717) is 6.08 Å². The number of hydrogen-bond acceptors (Lipinski definition) is 9. The lowest BCUT2D eigenvalue weighted by Crippen LogP contribution is -2.18. The van der Waals surface area contributed by atoms with Gasteiger partial charge in [0.2, 0.25) is 9.84 Å². The molecule has 13 heteroatoms. The van der Waals surface area contributed by atoms with Crippen LogP contribution < -0.4 is 0 Å². The molecule has 0 aliphatic rings. The molecule has 0 heterocycles. The van der Waals surface area contributed by atoms with Crippen LogP contribution in [0.3, 0.4) is 0 Å². The number of aliphatic hydroxyl groups excluding tert-OH is 1. The summed E-state index contributed by atoms with van der Waals surface area (Å²) < 4.78 is 51.2. The first-order valence-electron chi connectivity index (χ1n) is 7.77. The van der Waals surface area contributed by atoms with Gasteiger partial charge >= 0.3 is 0 Å². The number of aliphatic hydroxyl groups is 1. The number of sulfone groups is 2. The zero-order chi connectivity index (χ0) is 21.8. The predicted octanol–water partition coefficient (Wildman–Crippen LogP) is 1.63. The highest BCUT2D eigenvalue weighted by Gasteiger charge is 2.34. The Morgan fingerprint density at radius 2 is 1.31 bits per heavy atom. The Bertz CT molecular complexity index is 1200. The Balaban J connectivity index is 2.61. The summed E-state index contributed by atoms with van der Waals surface area (Å²) in [6.45, 7) is -0.873. The van der Waals surface area contributed by atoms with Crippen LogP contribution >= 0.6 is 0 Å². The number of rotatable bonds is 8. The average molecular weight is 442 g/mol. The van der Waals surface area contributed by atoms with Crippen LogP contribution in [0.25, 0.3) is 0 Å². The summed E-state index contributed by atoms with van der Waals surface area (Å²) in [7, 11) is -9.25. The van der Waals surface area contributed by atoms with E-state index in [0.717, 1.165) is 24.3 Å². The van der Waals surface area contributed by atoms with E-state index in [9.17, 15) is 37.1 Å². The van der Waals surface area contributed by atoms with Gasteiger partial charge in [-0.2, -0.15) is 0 Å². The molecule has 2 rings (SSSR count).